The predicted octanol–water partition coefficient (Wildman–Crippen LogP) is 3.43. The third-order valence-electron chi connectivity index (χ3n) is 5.53. The van der Waals surface area contributed by atoms with Crippen LogP contribution in [0.25, 0.3) is 0 Å². The molecule has 2 heterocycles. The maximum absolute atomic E-state index is 13.9. The highest BCUT2D eigenvalue weighted by atomic mass is 19.1. The van der Waals surface area contributed by atoms with Crippen LogP contribution >= 0.6 is 0 Å². The molecule has 4 rings (SSSR count). The number of hydrogen-bond donors (Lipinski definition) is 0. The normalized spacial score (nSPS) is 18.0. The summed E-state index contributed by atoms with van der Waals surface area (Å²) in [6.45, 7) is 1.74. The second-order valence-electron chi connectivity index (χ2n) is 7.48. The van der Waals surface area contributed by atoms with Gasteiger partial charge in [0.2, 0.25) is 5.88 Å². The van der Waals surface area contributed by atoms with Crippen LogP contribution in [0.1, 0.15) is 42.5 Å². The van der Waals surface area contributed by atoms with E-state index < -0.39 is 23.1 Å². The van der Waals surface area contributed by atoms with Crippen molar-refractivity contribution in [1.82, 2.24) is 15.1 Å². The lowest BCUT2D eigenvalue weighted by atomic mass is 9.98. The molecule has 1 aliphatic carbocycles. The van der Waals surface area contributed by atoms with Gasteiger partial charge in [-0.25, -0.2) is 8.78 Å². The minimum absolute atomic E-state index is 0.220. The molecule has 0 N–H and O–H groups in total. The first-order valence-electron chi connectivity index (χ1n) is 10.1. The Bertz CT molecular complexity index is 828. The zero-order valence-corrected chi connectivity index (χ0v) is 16.2. The van der Waals surface area contributed by atoms with Crippen LogP contribution in [0.5, 0.6) is 5.88 Å². The van der Waals surface area contributed by atoms with Gasteiger partial charge in [0.25, 0.3) is 5.91 Å². The first kappa shape index (κ1) is 19.5. The number of ether oxygens (including phenoxy) is 1. The fraction of sp³-hybridized carbons (Fsp3) is 0.476. The van der Waals surface area contributed by atoms with Crippen LogP contribution in [0, 0.1) is 11.6 Å². The standard InChI is InChI=1S/C21H24F2N4O2/c22-16-7-4-8-17(23)20(16)21(28)27-13-11-26(12-14-27)18-9-10-19(25-24-18)29-15-5-2-1-3-6-15/h4,7-10,15H,1-3,5-6,11-14H2. The summed E-state index contributed by atoms with van der Waals surface area (Å²) in [6, 6.07) is 7.13. The van der Waals surface area contributed by atoms with Crippen molar-refractivity contribution in [3.8, 4) is 5.88 Å². The molecule has 1 aromatic carbocycles. The van der Waals surface area contributed by atoms with Gasteiger partial charge < -0.3 is 14.5 Å². The SMILES string of the molecule is O=C(c1c(F)cccc1F)N1CCN(c2ccc(OC3CCCCC3)nn2)CC1. The number of carbonyl (C=O) groups excluding carboxylic acids is 1. The van der Waals surface area contributed by atoms with Gasteiger partial charge >= 0.3 is 0 Å². The molecule has 0 spiro atoms. The number of aromatic nitrogens is 2. The van der Waals surface area contributed by atoms with Gasteiger partial charge in [0.05, 0.1) is 0 Å². The molecular formula is C21H24F2N4O2. The molecule has 1 aliphatic heterocycles. The Kier molecular flexibility index (Phi) is 5.87. The van der Waals surface area contributed by atoms with E-state index in [2.05, 4.69) is 10.2 Å². The average molecular weight is 402 g/mol. The molecule has 29 heavy (non-hydrogen) atoms. The molecule has 1 saturated heterocycles. The van der Waals surface area contributed by atoms with E-state index in [-0.39, 0.29) is 6.10 Å². The summed E-state index contributed by atoms with van der Waals surface area (Å²) in [7, 11) is 0. The lowest BCUT2D eigenvalue weighted by Crippen LogP contribution is -2.49. The minimum Gasteiger partial charge on any atom is -0.473 e. The number of piperazine rings is 1. The van der Waals surface area contributed by atoms with E-state index in [0.29, 0.717) is 37.9 Å². The van der Waals surface area contributed by atoms with Crippen molar-refractivity contribution in [2.75, 3.05) is 31.1 Å². The lowest BCUT2D eigenvalue weighted by molar-refractivity contribution is 0.0736. The fourth-order valence-corrected chi connectivity index (χ4v) is 3.90. The Morgan fingerprint density at radius 3 is 2.24 bits per heavy atom. The molecule has 0 atom stereocenters. The number of rotatable bonds is 4. The first-order chi connectivity index (χ1) is 14.1. The molecule has 0 bridgehead atoms. The second kappa shape index (κ2) is 8.71. The van der Waals surface area contributed by atoms with Crippen LogP contribution in [0.2, 0.25) is 0 Å². The van der Waals surface area contributed by atoms with Gasteiger partial charge in [0, 0.05) is 32.2 Å². The largest absolute Gasteiger partial charge is 0.473 e. The maximum atomic E-state index is 13.9. The number of halogens is 2. The molecule has 2 aromatic rings. The number of anilines is 1. The Morgan fingerprint density at radius 2 is 1.62 bits per heavy atom. The van der Waals surface area contributed by atoms with Gasteiger partial charge in [-0.1, -0.05) is 12.5 Å². The van der Waals surface area contributed by atoms with Crippen LogP contribution in [0.3, 0.4) is 0 Å². The minimum atomic E-state index is -0.836. The van der Waals surface area contributed by atoms with E-state index in [0.717, 1.165) is 25.0 Å². The zero-order valence-electron chi connectivity index (χ0n) is 16.2. The van der Waals surface area contributed by atoms with Crippen molar-refractivity contribution < 1.29 is 18.3 Å². The summed E-state index contributed by atoms with van der Waals surface area (Å²) in [6.07, 6.45) is 5.98. The molecule has 0 unspecified atom stereocenters. The maximum Gasteiger partial charge on any atom is 0.259 e. The van der Waals surface area contributed by atoms with Crippen LogP contribution in [0.4, 0.5) is 14.6 Å². The topological polar surface area (TPSA) is 58.6 Å². The zero-order chi connectivity index (χ0) is 20.2. The van der Waals surface area contributed by atoms with E-state index in [1.165, 1.54) is 30.2 Å². The number of carbonyl (C=O) groups is 1. The third kappa shape index (κ3) is 4.46. The summed E-state index contributed by atoms with van der Waals surface area (Å²) in [4.78, 5) is 16.0. The Labute approximate surface area is 168 Å². The van der Waals surface area contributed by atoms with E-state index in [4.69, 9.17) is 4.74 Å². The summed E-state index contributed by atoms with van der Waals surface area (Å²) >= 11 is 0. The molecule has 1 saturated carbocycles. The predicted molar refractivity (Wildman–Crippen MR) is 104 cm³/mol. The molecular weight excluding hydrogens is 378 g/mol. The number of benzene rings is 1. The molecule has 8 heteroatoms. The highest BCUT2D eigenvalue weighted by molar-refractivity contribution is 5.95. The van der Waals surface area contributed by atoms with E-state index in [1.54, 1.807) is 0 Å². The van der Waals surface area contributed by atoms with Crippen molar-refractivity contribution >= 4 is 11.7 Å². The molecule has 6 nitrogen and oxygen atoms in total. The monoisotopic (exact) mass is 402 g/mol. The van der Waals surface area contributed by atoms with Gasteiger partial charge in [-0.2, -0.15) is 0 Å². The summed E-state index contributed by atoms with van der Waals surface area (Å²) < 4.78 is 33.7. The summed E-state index contributed by atoms with van der Waals surface area (Å²) in [5.41, 5.74) is -0.495. The van der Waals surface area contributed by atoms with Gasteiger partial charge in [-0.15, -0.1) is 10.2 Å². The molecule has 154 valence electrons. The third-order valence-corrected chi connectivity index (χ3v) is 5.53. The Balaban J connectivity index is 1.34. The van der Waals surface area contributed by atoms with Gasteiger partial charge in [0.15, 0.2) is 5.82 Å². The fourth-order valence-electron chi connectivity index (χ4n) is 3.90. The molecule has 2 aliphatic rings. The van der Waals surface area contributed by atoms with Crippen molar-refractivity contribution in [1.29, 1.82) is 0 Å². The second-order valence-corrected chi connectivity index (χ2v) is 7.48. The number of hydrogen-bond acceptors (Lipinski definition) is 5. The van der Waals surface area contributed by atoms with Crippen molar-refractivity contribution in [2.45, 2.75) is 38.2 Å². The van der Waals surface area contributed by atoms with Crippen molar-refractivity contribution in [2.24, 2.45) is 0 Å². The van der Waals surface area contributed by atoms with E-state index in [1.807, 2.05) is 17.0 Å². The van der Waals surface area contributed by atoms with E-state index in [9.17, 15) is 13.6 Å². The molecule has 1 amide bonds. The number of nitrogens with zero attached hydrogens (tertiary/aromatic N) is 4. The quantitative estimate of drug-likeness (QED) is 0.784. The van der Waals surface area contributed by atoms with Crippen LogP contribution in [-0.4, -0.2) is 53.3 Å². The van der Waals surface area contributed by atoms with E-state index >= 15 is 0 Å². The van der Waals surface area contributed by atoms with Crippen LogP contribution in [-0.2, 0) is 0 Å². The summed E-state index contributed by atoms with van der Waals surface area (Å²) in [5.74, 6) is -1.06. The molecule has 2 fully saturated rings. The average Bonchev–Trinajstić information content (AvgIpc) is 2.75. The smallest absolute Gasteiger partial charge is 0.259 e. The van der Waals surface area contributed by atoms with Crippen LogP contribution < -0.4 is 9.64 Å². The Morgan fingerprint density at radius 1 is 0.931 bits per heavy atom. The highest BCUT2D eigenvalue weighted by Crippen LogP contribution is 2.23. The number of amides is 1. The summed E-state index contributed by atoms with van der Waals surface area (Å²) in [5, 5.41) is 8.43. The first-order valence-corrected chi connectivity index (χ1v) is 10.1. The highest BCUT2D eigenvalue weighted by Gasteiger charge is 2.27. The van der Waals surface area contributed by atoms with Crippen molar-refractivity contribution in [3.05, 3.63) is 47.5 Å². The van der Waals surface area contributed by atoms with Crippen molar-refractivity contribution in [3.63, 3.8) is 0 Å². The Hall–Kier alpha value is -2.77. The molecule has 1 aromatic heterocycles. The molecule has 0 radical (unpaired) electrons. The lowest BCUT2D eigenvalue weighted by Gasteiger charge is -2.35. The van der Waals surface area contributed by atoms with Gasteiger partial charge in [-0.05, 0) is 43.9 Å². The van der Waals surface area contributed by atoms with Crippen LogP contribution in [0.15, 0.2) is 30.3 Å². The van der Waals surface area contributed by atoms with Gasteiger partial charge in [0.1, 0.15) is 23.3 Å². The van der Waals surface area contributed by atoms with Gasteiger partial charge in [-0.3, -0.25) is 4.79 Å².